The molecule has 1 heterocycles. The molecule has 29 heavy (non-hydrogen) atoms. The zero-order chi connectivity index (χ0) is 20.8. The maximum atomic E-state index is 12.6. The van der Waals surface area contributed by atoms with Crippen LogP contribution in [0.1, 0.15) is 26.5 Å². The Morgan fingerprint density at radius 2 is 1.86 bits per heavy atom. The van der Waals surface area contributed by atoms with E-state index in [1.807, 2.05) is 7.05 Å². The number of rotatable bonds is 7. The summed E-state index contributed by atoms with van der Waals surface area (Å²) in [5.74, 6) is 0.813. The number of aromatic nitrogens is 3. The number of H-pyrrole nitrogens is 1. The zero-order valence-corrected chi connectivity index (χ0v) is 16.9. The average Bonchev–Trinajstić information content (AvgIpc) is 3.06. The Balaban J connectivity index is 1.65. The molecule has 0 unspecified atom stereocenters. The lowest BCUT2D eigenvalue weighted by atomic mass is 10.1. The smallest absolute Gasteiger partial charge is 0.255 e. The molecular formula is C20H21N5O3S. The van der Waals surface area contributed by atoms with Crippen molar-refractivity contribution < 1.29 is 14.3 Å². The van der Waals surface area contributed by atoms with E-state index in [9.17, 15) is 9.59 Å². The summed E-state index contributed by atoms with van der Waals surface area (Å²) in [5.41, 5.74) is 1.28. The van der Waals surface area contributed by atoms with Crippen LogP contribution in [-0.2, 0) is 13.5 Å². The van der Waals surface area contributed by atoms with Crippen LogP contribution in [0, 0.1) is 4.77 Å². The first-order valence-electron chi connectivity index (χ1n) is 8.92. The summed E-state index contributed by atoms with van der Waals surface area (Å²) in [5, 5.41) is 12.5. The third-order valence-electron chi connectivity index (χ3n) is 4.38. The Labute approximate surface area is 172 Å². The number of carbonyl (C=O) groups is 2. The quantitative estimate of drug-likeness (QED) is 0.519. The first-order valence-corrected chi connectivity index (χ1v) is 9.33. The van der Waals surface area contributed by atoms with Gasteiger partial charge in [0.25, 0.3) is 11.8 Å². The van der Waals surface area contributed by atoms with Crippen LogP contribution in [0.5, 0.6) is 5.75 Å². The summed E-state index contributed by atoms with van der Waals surface area (Å²) in [4.78, 5) is 25.1. The predicted molar refractivity (Wildman–Crippen MR) is 112 cm³/mol. The Bertz CT molecular complexity index is 1070. The number of nitrogens with one attached hydrogen (secondary N) is 3. The van der Waals surface area contributed by atoms with E-state index in [0.717, 1.165) is 5.82 Å². The average molecular weight is 411 g/mol. The van der Waals surface area contributed by atoms with E-state index in [1.54, 1.807) is 60.2 Å². The van der Waals surface area contributed by atoms with E-state index in [1.165, 1.54) is 0 Å². The molecule has 2 amide bonds. The number of amides is 2. The standard InChI is InChI=1S/C20H21N5O3S/c1-25-17(23-24-20(25)29)11-12-21-19(27)15-5-3-4-6-16(15)22-18(26)13-7-9-14(28-2)10-8-13/h3-10H,11-12H2,1-2H3,(H,21,27)(H,22,26)(H,24,29). The Hall–Kier alpha value is -3.46. The molecule has 8 nitrogen and oxygen atoms in total. The van der Waals surface area contributed by atoms with Gasteiger partial charge >= 0.3 is 0 Å². The molecule has 0 aliphatic heterocycles. The maximum absolute atomic E-state index is 12.6. The van der Waals surface area contributed by atoms with E-state index in [2.05, 4.69) is 20.8 Å². The summed E-state index contributed by atoms with van der Waals surface area (Å²) in [6.45, 7) is 0.382. The van der Waals surface area contributed by atoms with Crippen molar-refractivity contribution in [3.8, 4) is 5.75 Å². The van der Waals surface area contributed by atoms with Crippen molar-refractivity contribution in [2.24, 2.45) is 7.05 Å². The highest BCUT2D eigenvalue weighted by atomic mass is 32.1. The molecule has 0 radical (unpaired) electrons. The zero-order valence-electron chi connectivity index (χ0n) is 16.1. The summed E-state index contributed by atoms with van der Waals surface area (Å²) >= 11 is 5.07. The molecule has 3 rings (SSSR count). The van der Waals surface area contributed by atoms with Crippen LogP contribution in [0.15, 0.2) is 48.5 Å². The lowest BCUT2D eigenvalue weighted by molar-refractivity contribution is 0.0954. The minimum atomic E-state index is -0.311. The van der Waals surface area contributed by atoms with E-state index in [-0.39, 0.29) is 11.8 Å². The largest absolute Gasteiger partial charge is 0.497 e. The number of nitrogens with zero attached hydrogens (tertiary/aromatic N) is 2. The highest BCUT2D eigenvalue weighted by Gasteiger charge is 2.14. The first kappa shape index (κ1) is 20.3. The molecule has 150 valence electrons. The van der Waals surface area contributed by atoms with Gasteiger partial charge in [0, 0.05) is 25.6 Å². The van der Waals surface area contributed by atoms with Crippen molar-refractivity contribution in [3.05, 3.63) is 70.3 Å². The van der Waals surface area contributed by atoms with Crippen LogP contribution in [0.25, 0.3) is 0 Å². The van der Waals surface area contributed by atoms with Crippen molar-refractivity contribution in [2.75, 3.05) is 19.0 Å². The monoisotopic (exact) mass is 411 g/mol. The van der Waals surface area contributed by atoms with Gasteiger partial charge in [-0.25, -0.2) is 0 Å². The molecule has 0 saturated carbocycles. The van der Waals surface area contributed by atoms with Gasteiger partial charge in [-0.05, 0) is 48.6 Å². The molecule has 1 aromatic heterocycles. The number of ether oxygens (including phenoxy) is 1. The number of aromatic amines is 1. The molecule has 0 aliphatic rings. The van der Waals surface area contributed by atoms with Crippen LogP contribution in [-0.4, -0.2) is 40.2 Å². The molecule has 0 aliphatic carbocycles. The van der Waals surface area contributed by atoms with Crippen molar-refractivity contribution in [3.63, 3.8) is 0 Å². The Kier molecular flexibility index (Phi) is 6.40. The van der Waals surface area contributed by atoms with Gasteiger partial charge < -0.3 is 19.9 Å². The number of para-hydroxylation sites is 1. The van der Waals surface area contributed by atoms with Crippen molar-refractivity contribution in [1.82, 2.24) is 20.1 Å². The van der Waals surface area contributed by atoms with Gasteiger partial charge in [-0.2, -0.15) is 5.10 Å². The van der Waals surface area contributed by atoms with E-state index < -0.39 is 0 Å². The topological polar surface area (TPSA) is 101 Å². The molecule has 3 N–H and O–H groups in total. The highest BCUT2D eigenvalue weighted by Crippen LogP contribution is 2.17. The van der Waals surface area contributed by atoms with Gasteiger partial charge in [0.15, 0.2) is 4.77 Å². The summed E-state index contributed by atoms with van der Waals surface area (Å²) < 4.78 is 7.38. The summed E-state index contributed by atoms with van der Waals surface area (Å²) in [6, 6.07) is 13.6. The molecule has 0 bridgehead atoms. The fourth-order valence-electron chi connectivity index (χ4n) is 2.71. The normalized spacial score (nSPS) is 10.4. The van der Waals surface area contributed by atoms with Gasteiger partial charge in [-0.15, -0.1) is 0 Å². The minimum Gasteiger partial charge on any atom is -0.497 e. The number of hydrogen-bond donors (Lipinski definition) is 3. The van der Waals surface area contributed by atoms with Crippen LogP contribution < -0.4 is 15.4 Å². The van der Waals surface area contributed by atoms with Gasteiger partial charge in [-0.1, -0.05) is 12.1 Å². The Morgan fingerprint density at radius 1 is 1.14 bits per heavy atom. The van der Waals surface area contributed by atoms with Crippen LogP contribution in [0.4, 0.5) is 5.69 Å². The fraction of sp³-hybridized carbons (Fsp3) is 0.200. The summed E-state index contributed by atoms with van der Waals surface area (Å²) in [6.07, 6.45) is 0.524. The molecule has 0 spiro atoms. The van der Waals surface area contributed by atoms with Gasteiger partial charge in [0.05, 0.1) is 18.4 Å². The van der Waals surface area contributed by atoms with Gasteiger partial charge in [0.2, 0.25) is 0 Å². The molecule has 0 saturated heterocycles. The number of carbonyl (C=O) groups excluding carboxylic acids is 2. The third kappa shape index (κ3) is 4.88. The van der Waals surface area contributed by atoms with Crippen molar-refractivity contribution >= 4 is 29.7 Å². The molecule has 0 atom stereocenters. The van der Waals surface area contributed by atoms with Gasteiger partial charge in [-0.3, -0.25) is 14.7 Å². The first-order chi connectivity index (χ1) is 14.0. The molecular weight excluding hydrogens is 390 g/mol. The second-order valence-electron chi connectivity index (χ2n) is 6.24. The van der Waals surface area contributed by atoms with Crippen LogP contribution in [0.2, 0.25) is 0 Å². The van der Waals surface area contributed by atoms with E-state index in [4.69, 9.17) is 17.0 Å². The van der Waals surface area contributed by atoms with Crippen molar-refractivity contribution in [1.29, 1.82) is 0 Å². The predicted octanol–water partition coefficient (Wildman–Crippen LogP) is 2.71. The molecule has 9 heteroatoms. The highest BCUT2D eigenvalue weighted by molar-refractivity contribution is 7.71. The van der Waals surface area contributed by atoms with E-state index in [0.29, 0.717) is 40.3 Å². The van der Waals surface area contributed by atoms with Crippen LogP contribution >= 0.6 is 12.2 Å². The molecule has 2 aromatic carbocycles. The molecule has 3 aromatic rings. The number of anilines is 1. The Morgan fingerprint density at radius 3 is 2.52 bits per heavy atom. The fourth-order valence-corrected chi connectivity index (χ4v) is 2.86. The van der Waals surface area contributed by atoms with E-state index >= 15 is 0 Å². The lowest BCUT2D eigenvalue weighted by Crippen LogP contribution is -2.27. The second-order valence-corrected chi connectivity index (χ2v) is 6.62. The minimum absolute atomic E-state index is 0.285. The third-order valence-corrected chi connectivity index (χ3v) is 4.74. The summed E-state index contributed by atoms with van der Waals surface area (Å²) in [7, 11) is 3.37. The number of benzene rings is 2. The number of methoxy groups -OCH3 is 1. The van der Waals surface area contributed by atoms with Crippen LogP contribution in [0.3, 0.4) is 0 Å². The van der Waals surface area contributed by atoms with Crippen molar-refractivity contribution in [2.45, 2.75) is 6.42 Å². The SMILES string of the molecule is COc1ccc(C(=O)Nc2ccccc2C(=O)NCCc2n[nH]c(=S)n2C)cc1. The second kappa shape index (κ2) is 9.16. The lowest BCUT2D eigenvalue weighted by Gasteiger charge is -2.12. The maximum Gasteiger partial charge on any atom is 0.255 e. The number of hydrogen-bond acceptors (Lipinski definition) is 5. The molecule has 0 fully saturated rings. The van der Waals surface area contributed by atoms with Gasteiger partial charge in [0.1, 0.15) is 11.6 Å².